The minimum Gasteiger partial charge on any atom is -0.480 e. The van der Waals surface area contributed by atoms with Gasteiger partial charge in [0.15, 0.2) is 0 Å². The van der Waals surface area contributed by atoms with Gasteiger partial charge in [0.1, 0.15) is 17.8 Å². The van der Waals surface area contributed by atoms with Crippen molar-refractivity contribution in [3.8, 4) is 0 Å². The molecule has 1 aromatic heterocycles. The lowest BCUT2D eigenvalue weighted by Gasteiger charge is -2.37. The Labute approximate surface area is 184 Å². The zero-order valence-corrected chi connectivity index (χ0v) is 18.2. The van der Waals surface area contributed by atoms with Crippen molar-refractivity contribution in [2.45, 2.75) is 37.9 Å². The number of carbonyl (C=O) groups is 2. The van der Waals surface area contributed by atoms with Gasteiger partial charge in [0.2, 0.25) is 0 Å². The van der Waals surface area contributed by atoms with Crippen molar-refractivity contribution >= 4 is 28.0 Å². The molecule has 8 heteroatoms. The number of nitrogens with zero attached hydrogens (tertiary/aromatic N) is 2. The molecule has 1 aromatic carbocycles. The number of aromatic nitrogens is 1. The first-order chi connectivity index (χ1) is 14.5. The number of hydrogen-bond acceptors (Lipinski definition) is 5. The van der Waals surface area contributed by atoms with Gasteiger partial charge in [-0.3, -0.25) is 0 Å². The number of ether oxygens (including phenoxy) is 2. The molecule has 30 heavy (non-hydrogen) atoms. The average molecular weight is 477 g/mol. The van der Waals surface area contributed by atoms with Crippen LogP contribution in [0.3, 0.4) is 0 Å². The van der Waals surface area contributed by atoms with Crippen molar-refractivity contribution in [3.05, 3.63) is 64.4 Å². The van der Waals surface area contributed by atoms with Crippen molar-refractivity contribution in [1.29, 1.82) is 0 Å². The lowest BCUT2D eigenvalue weighted by molar-refractivity contribution is -0.153. The lowest BCUT2D eigenvalue weighted by atomic mass is 9.84. The van der Waals surface area contributed by atoms with Crippen LogP contribution in [0.25, 0.3) is 0 Å². The summed E-state index contributed by atoms with van der Waals surface area (Å²) in [5.74, 6) is -1.01. The van der Waals surface area contributed by atoms with Crippen LogP contribution in [0.2, 0.25) is 0 Å². The number of amides is 1. The van der Waals surface area contributed by atoms with Crippen LogP contribution in [-0.4, -0.2) is 46.7 Å². The van der Waals surface area contributed by atoms with E-state index in [1.54, 1.807) is 11.1 Å². The van der Waals surface area contributed by atoms with Crippen LogP contribution in [-0.2, 0) is 26.5 Å². The normalized spacial score (nSPS) is 16.4. The highest BCUT2D eigenvalue weighted by molar-refractivity contribution is 9.10. The van der Waals surface area contributed by atoms with Crippen LogP contribution in [0.1, 0.15) is 36.8 Å². The Hall–Kier alpha value is -2.45. The first-order valence-electron chi connectivity index (χ1n) is 9.92. The molecule has 160 valence electrons. The highest BCUT2D eigenvalue weighted by Gasteiger charge is 2.37. The molecule has 1 N–H and O–H groups in total. The Kier molecular flexibility index (Phi) is 7.81. The van der Waals surface area contributed by atoms with Gasteiger partial charge in [0, 0.05) is 24.8 Å². The number of carbonyl (C=O) groups excluding carboxylic acids is 1. The van der Waals surface area contributed by atoms with Gasteiger partial charge in [-0.1, -0.05) is 36.4 Å². The highest BCUT2D eigenvalue weighted by Crippen LogP contribution is 2.40. The molecule has 0 radical (unpaired) electrons. The van der Waals surface area contributed by atoms with E-state index in [1.165, 1.54) is 0 Å². The van der Waals surface area contributed by atoms with Crippen molar-refractivity contribution in [3.63, 3.8) is 0 Å². The summed E-state index contributed by atoms with van der Waals surface area (Å²) in [6.07, 6.45) is 3.80. The quantitative estimate of drug-likeness (QED) is 0.623. The third kappa shape index (κ3) is 5.79. The molecule has 0 bridgehead atoms. The summed E-state index contributed by atoms with van der Waals surface area (Å²) in [5.41, 5.74) is 1.03. The van der Waals surface area contributed by atoms with Gasteiger partial charge in [-0.25, -0.2) is 14.6 Å². The second-order valence-corrected chi connectivity index (χ2v) is 8.00. The van der Waals surface area contributed by atoms with Crippen molar-refractivity contribution in [2.75, 3.05) is 19.7 Å². The van der Waals surface area contributed by atoms with E-state index in [-0.39, 0.29) is 19.3 Å². The molecule has 0 saturated carbocycles. The maximum atomic E-state index is 12.5. The van der Waals surface area contributed by atoms with Crippen LogP contribution >= 0.6 is 15.9 Å². The van der Waals surface area contributed by atoms with Gasteiger partial charge < -0.3 is 19.5 Å². The molecule has 1 aliphatic heterocycles. The summed E-state index contributed by atoms with van der Waals surface area (Å²) in [6, 6.07) is 13.3. The third-order valence-corrected chi connectivity index (χ3v) is 5.83. The summed E-state index contributed by atoms with van der Waals surface area (Å²) >= 11 is 3.47. The Balaban J connectivity index is 1.65. The molecule has 2 heterocycles. The predicted octanol–water partition coefficient (Wildman–Crippen LogP) is 4.35. The van der Waals surface area contributed by atoms with Gasteiger partial charge in [-0.05, 0) is 53.2 Å². The topological polar surface area (TPSA) is 89.0 Å². The molecule has 1 fully saturated rings. The van der Waals surface area contributed by atoms with Gasteiger partial charge in [0.25, 0.3) is 0 Å². The standard InChI is InChI=1S/C22H25BrN2O5/c23-20-18(9-4-12-24-20)22(30-16-19(26)27)10-5-13-25(14-6-11-22)21(28)29-15-17-7-2-1-3-8-17/h1-4,7-9,12H,5-6,10-11,13-16H2,(H,26,27). The number of carboxylic acids is 1. The molecular formula is C22H25BrN2O5. The second kappa shape index (κ2) is 10.5. The van der Waals surface area contributed by atoms with E-state index < -0.39 is 11.6 Å². The zero-order chi connectivity index (χ0) is 21.4. The van der Waals surface area contributed by atoms with Gasteiger partial charge in [0.05, 0.1) is 5.60 Å². The van der Waals surface area contributed by atoms with Crippen LogP contribution in [0.4, 0.5) is 4.79 Å². The van der Waals surface area contributed by atoms with E-state index in [2.05, 4.69) is 20.9 Å². The fourth-order valence-electron chi connectivity index (χ4n) is 3.76. The average Bonchev–Trinajstić information content (AvgIpc) is 2.73. The number of benzene rings is 1. The number of pyridine rings is 1. The fraction of sp³-hybridized carbons (Fsp3) is 0.409. The van der Waals surface area contributed by atoms with E-state index in [0.717, 1.165) is 11.1 Å². The number of rotatable bonds is 6. The molecule has 1 aliphatic rings. The summed E-state index contributed by atoms with van der Waals surface area (Å²) in [6.45, 7) is 0.891. The smallest absolute Gasteiger partial charge is 0.410 e. The highest BCUT2D eigenvalue weighted by atomic mass is 79.9. The minimum atomic E-state index is -1.01. The van der Waals surface area contributed by atoms with E-state index in [4.69, 9.17) is 14.6 Å². The van der Waals surface area contributed by atoms with Crippen molar-refractivity contribution in [2.24, 2.45) is 0 Å². The number of likely N-dealkylation sites (tertiary alicyclic amines) is 1. The van der Waals surface area contributed by atoms with E-state index in [1.807, 2.05) is 42.5 Å². The Morgan fingerprint density at radius 3 is 2.43 bits per heavy atom. The minimum absolute atomic E-state index is 0.241. The maximum absolute atomic E-state index is 12.5. The Morgan fingerprint density at radius 1 is 1.10 bits per heavy atom. The van der Waals surface area contributed by atoms with Gasteiger partial charge >= 0.3 is 12.1 Å². The number of carboxylic acid groups (broad SMARTS) is 1. The molecular weight excluding hydrogens is 452 g/mol. The van der Waals surface area contributed by atoms with Gasteiger partial charge in [-0.2, -0.15) is 0 Å². The zero-order valence-electron chi connectivity index (χ0n) is 16.6. The van der Waals surface area contributed by atoms with Crippen LogP contribution in [0.15, 0.2) is 53.3 Å². The monoisotopic (exact) mass is 476 g/mol. The molecule has 0 unspecified atom stereocenters. The van der Waals surface area contributed by atoms with Crippen LogP contribution < -0.4 is 0 Å². The molecule has 0 spiro atoms. The van der Waals surface area contributed by atoms with E-state index >= 15 is 0 Å². The molecule has 7 nitrogen and oxygen atoms in total. The van der Waals surface area contributed by atoms with Gasteiger partial charge in [-0.15, -0.1) is 0 Å². The lowest BCUT2D eigenvalue weighted by Crippen LogP contribution is -2.40. The number of halogens is 1. The van der Waals surface area contributed by atoms with E-state index in [0.29, 0.717) is 43.4 Å². The molecule has 1 amide bonds. The van der Waals surface area contributed by atoms with E-state index in [9.17, 15) is 9.59 Å². The molecule has 0 atom stereocenters. The summed E-state index contributed by atoms with van der Waals surface area (Å²) in [7, 11) is 0. The van der Waals surface area contributed by atoms with Crippen LogP contribution in [0, 0.1) is 0 Å². The Bertz CT molecular complexity index is 852. The summed E-state index contributed by atoms with van der Waals surface area (Å²) in [5, 5.41) is 9.15. The first kappa shape index (κ1) is 22.2. The molecule has 0 aliphatic carbocycles. The summed E-state index contributed by atoms with van der Waals surface area (Å²) in [4.78, 5) is 29.7. The number of aliphatic carboxylic acids is 1. The largest absolute Gasteiger partial charge is 0.480 e. The van der Waals surface area contributed by atoms with Crippen molar-refractivity contribution in [1.82, 2.24) is 9.88 Å². The SMILES string of the molecule is O=C(O)COC1(c2cccnc2Br)CCCN(C(=O)OCc2ccccc2)CCC1. The molecule has 2 aromatic rings. The van der Waals surface area contributed by atoms with Crippen molar-refractivity contribution < 1.29 is 24.2 Å². The second-order valence-electron chi connectivity index (χ2n) is 7.25. The molecule has 1 saturated heterocycles. The maximum Gasteiger partial charge on any atom is 0.410 e. The Morgan fingerprint density at radius 2 is 1.80 bits per heavy atom. The first-order valence-corrected chi connectivity index (χ1v) is 10.7. The third-order valence-electron chi connectivity index (χ3n) is 5.20. The molecule has 3 rings (SSSR count). The predicted molar refractivity (Wildman–Crippen MR) is 114 cm³/mol. The fourth-order valence-corrected chi connectivity index (χ4v) is 4.37. The summed E-state index contributed by atoms with van der Waals surface area (Å²) < 4.78 is 12.0. The number of hydrogen-bond donors (Lipinski definition) is 1. The van der Waals surface area contributed by atoms with Crippen LogP contribution in [0.5, 0.6) is 0 Å².